The van der Waals surface area contributed by atoms with Gasteiger partial charge in [0.25, 0.3) is 0 Å². The number of carbonyl (C=O) groups is 1. The molecule has 5 atom stereocenters. The van der Waals surface area contributed by atoms with Crippen LogP contribution in [0.15, 0.2) is 58.4 Å². The summed E-state index contributed by atoms with van der Waals surface area (Å²) in [5, 5.41) is 5.16. The first-order valence-electron chi connectivity index (χ1n) is 11.2. The summed E-state index contributed by atoms with van der Waals surface area (Å²) >= 11 is 15.2. The van der Waals surface area contributed by atoms with E-state index in [1.807, 2.05) is 17.8 Å². The van der Waals surface area contributed by atoms with Crippen molar-refractivity contribution in [2.45, 2.75) is 42.0 Å². The van der Waals surface area contributed by atoms with Crippen molar-refractivity contribution in [1.29, 1.82) is 0 Å². The van der Waals surface area contributed by atoms with Crippen LogP contribution in [0.3, 0.4) is 0 Å². The van der Waals surface area contributed by atoms with E-state index in [0.29, 0.717) is 32.8 Å². The first kappa shape index (κ1) is 21.8. The van der Waals surface area contributed by atoms with Gasteiger partial charge in [-0.3, -0.25) is 14.2 Å². The summed E-state index contributed by atoms with van der Waals surface area (Å²) in [6.45, 7) is -0.00902. The van der Waals surface area contributed by atoms with Gasteiger partial charge in [0.1, 0.15) is 6.54 Å². The van der Waals surface area contributed by atoms with Gasteiger partial charge in [0.15, 0.2) is 0 Å². The number of rotatable bonds is 4. The fourth-order valence-electron chi connectivity index (χ4n) is 6.04. The van der Waals surface area contributed by atoms with E-state index in [9.17, 15) is 9.59 Å². The van der Waals surface area contributed by atoms with E-state index >= 15 is 0 Å². The molecule has 2 fully saturated rings. The number of thiazole rings is 1. The molecule has 1 aromatic heterocycles. The Morgan fingerprint density at radius 1 is 1.06 bits per heavy atom. The Labute approximate surface area is 210 Å². The number of hydrogen-bond donors (Lipinski definition) is 1. The standard InChI is InChI=1S/C25H22Cl2N2O2S2/c26-17-9-8-16(11-18(17)27)28-19(30)12-29-24-23(33-25(29)31)20(13-4-2-1-3-5-13)21-14-6-7-15(10-14)22(21)32-24/h1-5,8-9,11,14-15,20-22H,6-7,10,12H2,(H,28,30)/t14?,15?,20-,21?,22?/m0/s1. The van der Waals surface area contributed by atoms with Gasteiger partial charge in [0.05, 0.1) is 15.1 Å². The maximum absolute atomic E-state index is 13.1. The fourth-order valence-corrected chi connectivity index (χ4v) is 9.49. The molecule has 6 rings (SSSR count). The highest BCUT2D eigenvalue weighted by molar-refractivity contribution is 8.00. The molecule has 1 amide bonds. The average Bonchev–Trinajstić information content (AvgIpc) is 3.50. The third-order valence-electron chi connectivity index (χ3n) is 7.35. The highest BCUT2D eigenvalue weighted by atomic mass is 35.5. The van der Waals surface area contributed by atoms with E-state index in [-0.39, 0.29) is 23.2 Å². The van der Waals surface area contributed by atoms with Crippen molar-refractivity contribution >= 4 is 57.9 Å². The molecule has 0 saturated heterocycles. The zero-order valence-corrected chi connectivity index (χ0v) is 20.8. The fraction of sp³-hybridized carbons (Fsp3) is 0.360. The van der Waals surface area contributed by atoms with Gasteiger partial charge in [0.2, 0.25) is 5.91 Å². The van der Waals surface area contributed by atoms with Crippen molar-refractivity contribution in [3.63, 3.8) is 0 Å². The molecule has 170 valence electrons. The first-order valence-corrected chi connectivity index (χ1v) is 13.6. The number of hydrogen-bond acceptors (Lipinski definition) is 4. The minimum Gasteiger partial charge on any atom is -0.324 e. The van der Waals surface area contributed by atoms with Crippen molar-refractivity contribution in [3.8, 4) is 0 Å². The number of anilines is 1. The molecule has 2 aliphatic carbocycles. The predicted octanol–water partition coefficient (Wildman–Crippen LogP) is 6.51. The van der Waals surface area contributed by atoms with E-state index in [1.54, 1.807) is 22.8 Å². The summed E-state index contributed by atoms with van der Waals surface area (Å²) in [7, 11) is 0. The zero-order valence-electron chi connectivity index (χ0n) is 17.7. The monoisotopic (exact) mass is 516 g/mol. The second-order valence-electron chi connectivity index (χ2n) is 9.18. The van der Waals surface area contributed by atoms with Crippen LogP contribution in [0.2, 0.25) is 10.0 Å². The molecule has 4 nitrogen and oxygen atoms in total. The summed E-state index contributed by atoms with van der Waals surface area (Å²) in [4.78, 5) is 27.1. The molecular formula is C25H22Cl2N2O2S2. The Balaban J connectivity index is 1.35. The average molecular weight is 518 g/mol. The third kappa shape index (κ3) is 3.75. The molecule has 1 N–H and O–H groups in total. The lowest BCUT2D eigenvalue weighted by molar-refractivity contribution is -0.116. The maximum atomic E-state index is 13.1. The minimum absolute atomic E-state index is 0.00902. The number of amides is 1. The van der Waals surface area contributed by atoms with Crippen molar-refractivity contribution in [1.82, 2.24) is 4.57 Å². The summed E-state index contributed by atoms with van der Waals surface area (Å²) in [5.41, 5.74) is 1.85. The molecular weight excluding hydrogens is 495 g/mol. The minimum atomic E-state index is -0.247. The molecule has 2 aromatic carbocycles. The summed E-state index contributed by atoms with van der Waals surface area (Å²) in [6, 6.07) is 15.6. The van der Waals surface area contributed by atoms with Gasteiger partial charge in [-0.2, -0.15) is 0 Å². The lowest BCUT2D eigenvalue weighted by Gasteiger charge is -2.40. The van der Waals surface area contributed by atoms with Gasteiger partial charge in [-0.05, 0) is 60.8 Å². The topological polar surface area (TPSA) is 51.1 Å². The number of aromatic nitrogens is 1. The van der Waals surface area contributed by atoms with Gasteiger partial charge in [-0.15, -0.1) is 11.8 Å². The molecule has 0 spiro atoms. The van der Waals surface area contributed by atoms with E-state index < -0.39 is 0 Å². The lowest BCUT2D eigenvalue weighted by atomic mass is 9.75. The van der Waals surface area contributed by atoms with E-state index in [0.717, 1.165) is 15.8 Å². The van der Waals surface area contributed by atoms with Crippen LogP contribution < -0.4 is 10.2 Å². The van der Waals surface area contributed by atoms with Crippen LogP contribution in [-0.4, -0.2) is 15.7 Å². The smallest absolute Gasteiger partial charge is 0.308 e. The molecule has 8 heteroatoms. The molecule has 1 aliphatic heterocycles. The Bertz CT molecular complexity index is 1290. The van der Waals surface area contributed by atoms with E-state index in [2.05, 4.69) is 29.6 Å². The van der Waals surface area contributed by atoms with Crippen LogP contribution >= 0.6 is 46.3 Å². The van der Waals surface area contributed by atoms with Crippen LogP contribution in [-0.2, 0) is 11.3 Å². The quantitative estimate of drug-likeness (QED) is 0.430. The highest BCUT2D eigenvalue weighted by Crippen LogP contribution is 2.63. The van der Waals surface area contributed by atoms with E-state index in [4.69, 9.17) is 23.2 Å². The van der Waals surface area contributed by atoms with Crippen molar-refractivity contribution in [2.24, 2.45) is 17.8 Å². The lowest BCUT2D eigenvalue weighted by Crippen LogP contribution is -2.34. The highest BCUT2D eigenvalue weighted by Gasteiger charge is 2.55. The van der Waals surface area contributed by atoms with Gasteiger partial charge in [-0.1, -0.05) is 64.9 Å². The molecule has 4 unspecified atom stereocenters. The van der Waals surface area contributed by atoms with Crippen LogP contribution in [0, 0.1) is 17.8 Å². The second-order valence-corrected chi connectivity index (χ2v) is 12.2. The molecule has 2 heterocycles. The van der Waals surface area contributed by atoms with Crippen molar-refractivity contribution in [2.75, 3.05) is 5.32 Å². The second kappa shape index (κ2) is 8.49. The SMILES string of the molecule is O=C(Cn1c2c(sc1=O)[C@@H](c1ccccc1)C1C3CCC(C3)C1S2)Nc1ccc(Cl)c(Cl)c1. The summed E-state index contributed by atoms with van der Waals surface area (Å²) in [5.74, 6) is 2.00. The van der Waals surface area contributed by atoms with Crippen molar-refractivity contribution < 1.29 is 4.79 Å². The first-order chi connectivity index (χ1) is 16.0. The summed E-state index contributed by atoms with van der Waals surface area (Å²) in [6.07, 6.45) is 3.87. The number of nitrogens with one attached hydrogen (secondary N) is 1. The number of thioether (sulfide) groups is 1. The van der Waals surface area contributed by atoms with Crippen LogP contribution in [0.25, 0.3) is 0 Å². The molecule has 3 aliphatic rings. The molecule has 2 saturated carbocycles. The number of benzene rings is 2. The molecule has 2 bridgehead atoms. The number of halogens is 2. The van der Waals surface area contributed by atoms with Crippen LogP contribution in [0.4, 0.5) is 5.69 Å². The largest absolute Gasteiger partial charge is 0.324 e. The Morgan fingerprint density at radius 3 is 2.64 bits per heavy atom. The molecule has 0 radical (unpaired) electrons. The predicted molar refractivity (Wildman–Crippen MR) is 136 cm³/mol. The Morgan fingerprint density at radius 2 is 1.85 bits per heavy atom. The maximum Gasteiger partial charge on any atom is 0.308 e. The number of nitrogens with zero attached hydrogens (tertiary/aromatic N) is 1. The molecule has 33 heavy (non-hydrogen) atoms. The van der Waals surface area contributed by atoms with Gasteiger partial charge in [0, 0.05) is 21.7 Å². The van der Waals surface area contributed by atoms with Gasteiger partial charge >= 0.3 is 4.87 Å². The van der Waals surface area contributed by atoms with Crippen LogP contribution in [0.1, 0.15) is 35.6 Å². The summed E-state index contributed by atoms with van der Waals surface area (Å²) < 4.78 is 1.68. The number of carbonyl (C=O) groups excluding carboxylic acids is 1. The molecule has 3 aromatic rings. The zero-order chi connectivity index (χ0) is 22.7. The van der Waals surface area contributed by atoms with Gasteiger partial charge in [-0.25, -0.2) is 0 Å². The normalized spacial score (nSPS) is 27.3. The van der Waals surface area contributed by atoms with Crippen LogP contribution in [0.5, 0.6) is 0 Å². The Kier molecular flexibility index (Phi) is 5.60. The number of fused-ring (bicyclic) bond motifs is 6. The Hall–Kier alpha value is -1.73. The van der Waals surface area contributed by atoms with Gasteiger partial charge < -0.3 is 5.32 Å². The van der Waals surface area contributed by atoms with Crippen molar-refractivity contribution in [3.05, 3.63) is 78.7 Å². The third-order valence-corrected chi connectivity index (χ3v) is 10.9. The van der Waals surface area contributed by atoms with E-state index in [1.165, 1.54) is 36.2 Å².